The van der Waals surface area contributed by atoms with Gasteiger partial charge in [-0.25, -0.2) is 4.79 Å². The van der Waals surface area contributed by atoms with Crippen LogP contribution in [-0.4, -0.2) is 34.8 Å². The summed E-state index contributed by atoms with van der Waals surface area (Å²) in [4.78, 5) is 14.4. The molecule has 3 fully saturated rings. The average molecular weight is 513 g/mol. The highest BCUT2D eigenvalue weighted by molar-refractivity contribution is 5.69. The summed E-state index contributed by atoms with van der Waals surface area (Å²) in [6.07, 6.45) is -1.56. The Morgan fingerprint density at radius 3 is 2.49 bits per heavy atom. The van der Waals surface area contributed by atoms with E-state index in [0.29, 0.717) is 24.3 Å². The number of carbonyl (C=O) groups is 1. The summed E-state index contributed by atoms with van der Waals surface area (Å²) in [6.45, 7) is 0.905. The van der Waals surface area contributed by atoms with Crippen LogP contribution in [0.1, 0.15) is 54.1 Å². The lowest BCUT2D eigenvalue weighted by Gasteiger charge is -2.31. The van der Waals surface area contributed by atoms with Crippen LogP contribution in [0, 0.1) is 5.92 Å². The summed E-state index contributed by atoms with van der Waals surface area (Å²) >= 11 is 0. The van der Waals surface area contributed by atoms with E-state index in [2.05, 4.69) is 5.16 Å². The Kier molecular flexibility index (Phi) is 6.18. The van der Waals surface area contributed by atoms with Crippen molar-refractivity contribution in [3.63, 3.8) is 0 Å². The van der Waals surface area contributed by atoms with Crippen LogP contribution in [0.15, 0.2) is 59.1 Å². The summed E-state index contributed by atoms with van der Waals surface area (Å²) in [6, 6.07) is 15.0. The summed E-state index contributed by atoms with van der Waals surface area (Å²) in [7, 11) is 0. The molecule has 0 N–H and O–H groups in total. The molecule has 2 heterocycles. The monoisotopic (exact) mass is 512 g/mol. The van der Waals surface area contributed by atoms with Crippen LogP contribution in [0.4, 0.5) is 18.0 Å². The molecule has 1 amide bonds. The second-order valence-corrected chi connectivity index (χ2v) is 10.1. The average Bonchev–Trinajstić information content (AvgIpc) is 3.34. The van der Waals surface area contributed by atoms with Gasteiger partial charge in [-0.1, -0.05) is 53.7 Å². The fourth-order valence-electron chi connectivity index (χ4n) is 5.60. The molecule has 2 bridgehead atoms. The fourth-order valence-corrected chi connectivity index (χ4v) is 5.60. The van der Waals surface area contributed by atoms with Crippen LogP contribution in [0.2, 0.25) is 0 Å². The lowest BCUT2D eigenvalue weighted by molar-refractivity contribution is -0.137. The number of fused-ring (bicyclic) bond motifs is 2. The first-order valence-corrected chi connectivity index (χ1v) is 12.6. The molecule has 1 saturated heterocycles. The molecule has 2 aromatic carbocycles. The molecule has 1 aliphatic heterocycles. The zero-order valence-electron chi connectivity index (χ0n) is 20.1. The van der Waals surface area contributed by atoms with Crippen molar-refractivity contribution in [2.24, 2.45) is 5.92 Å². The number of halogens is 3. The third kappa shape index (κ3) is 4.84. The van der Waals surface area contributed by atoms with Crippen molar-refractivity contribution in [1.29, 1.82) is 0 Å². The maximum absolute atomic E-state index is 13.7. The van der Waals surface area contributed by atoms with Gasteiger partial charge in [0.1, 0.15) is 18.1 Å². The van der Waals surface area contributed by atoms with E-state index in [1.165, 1.54) is 12.1 Å². The van der Waals surface area contributed by atoms with Crippen LogP contribution in [0.25, 0.3) is 11.3 Å². The molecule has 2 saturated carbocycles. The maximum atomic E-state index is 13.7. The van der Waals surface area contributed by atoms with E-state index in [-0.39, 0.29) is 54.5 Å². The van der Waals surface area contributed by atoms with Crippen LogP contribution in [0.3, 0.4) is 0 Å². The fraction of sp³-hybridized carbons (Fsp3) is 0.429. The predicted octanol–water partition coefficient (Wildman–Crippen LogP) is 6.55. The molecule has 9 heteroatoms. The minimum Gasteiger partial charge on any atom is -0.445 e. The van der Waals surface area contributed by atoms with Gasteiger partial charge in [0, 0.05) is 35.5 Å². The van der Waals surface area contributed by atoms with Crippen LogP contribution in [-0.2, 0) is 28.9 Å². The number of likely N-dealkylation sites (tertiary alicyclic amines) is 1. The van der Waals surface area contributed by atoms with Crippen molar-refractivity contribution in [2.75, 3.05) is 6.54 Å². The second-order valence-electron chi connectivity index (χ2n) is 10.1. The van der Waals surface area contributed by atoms with E-state index in [4.69, 9.17) is 14.0 Å². The quantitative estimate of drug-likeness (QED) is 0.359. The van der Waals surface area contributed by atoms with Gasteiger partial charge < -0.3 is 18.9 Å². The van der Waals surface area contributed by atoms with Gasteiger partial charge in [0.2, 0.25) is 0 Å². The summed E-state index contributed by atoms with van der Waals surface area (Å²) in [5.74, 6) is 0.957. The van der Waals surface area contributed by atoms with Gasteiger partial charge in [0.25, 0.3) is 0 Å². The van der Waals surface area contributed by atoms with E-state index < -0.39 is 11.7 Å². The first kappa shape index (κ1) is 24.0. The number of piperidine rings is 1. The highest BCUT2D eigenvalue weighted by Gasteiger charge is 2.48. The zero-order valence-corrected chi connectivity index (χ0v) is 20.1. The van der Waals surface area contributed by atoms with Crippen molar-refractivity contribution in [3.8, 4) is 11.3 Å². The lowest BCUT2D eigenvalue weighted by atomic mass is 9.99. The first-order chi connectivity index (χ1) is 17.9. The molecule has 3 atom stereocenters. The number of hydrogen-bond acceptors (Lipinski definition) is 5. The predicted molar refractivity (Wildman–Crippen MR) is 127 cm³/mol. The van der Waals surface area contributed by atoms with Gasteiger partial charge >= 0.3 is 12.3 Å². The Hall–Kier alpha value is -3.33. The Morgan fingerprint density at radius 1 is 1.03 bits per heavy atom. The maximum Gasteiger partial charge on any atom is 0.417 e. The van der Waals surface area contributed by atoms with Gasteiger partial charge in [0.15, 0.2) is 0 Å². The van der Waals surface area contributed by atoms with Crippen molar-refractivity contribution in [1.82, 2.24) is 10.1 Å². The molecule has 2 aliphatic carbocycles. The van der Waals surface area contributed by atoms with Gasteiger partial charge in [-0.2, -0.15) is 13.2 Å². The molecule has 37 heavy (non-hydrogen) atoms. The largest absolute Gasteiger partial charge is 0.445 e. The Balaban J connectivity index is 1.13. The number of ether oxygens (including phenoxy) is 2. The Labute approximate surface area is 212 Å². The standard InChI is InChI=1S/C28H27F3N2O4/c29-28(30,31)23-9-5-4-8-21(23)25-22(26(37-32-25)18-10-11-18)16-35-24-13-20-12-19(24)14-33(20)27(34)36-15-17-6-2-1-3-7-17/h1-9,18-20,24H,10-16H2/t19-,20-,24+/m0/s1. The molecule has 194 valence electrons. The third-order valence-electron chi connectivity index (χ3n) is 7.61. The number of aromatic nitrogens is 1. The Morgan fingerprint density at radius 2 is 1.78 bits per heavy atom. The van der Waals surface area contributed by atoms with E-state index in [0.717, 1.165) is 30.9 Å². The molecule has 6 rings (SSSR count). The topological polar surface area (TPSA) is 64.8 Å². The molecular weight excluding hydrogens is 485 g/mol. The summed E-state index contributed by atoms with van der Waals surface area (Å²) in [5, 5.41) is 4.07. The first-order valence-electron chi connectivity index (χ1n) is 12.6. The van der Waals surface area contributed by atoms with E-state index in [1.54, 1.807) is 11.0 Å². The summed E-state index contributed by atoms with van der Waals surface area (Å²) in [5.41, 5.74) is 0.996. The highest BCUT2D eigenvalue weighted by atomic mass is 19.4. The van der Waals surface area contributed by atoms with Gasteiger partial charge in [0.05, 0.1) is 18.3 Å². The molecule has 6 nitrogen and oxygen atoms in total. The smallest absolute Gasteiger partial charge is 0.417 e. The van der Waals surface area contributed by atoms with E-state index in [1.807, 2.05) is 30.3 Å². The van der Waals surface area contributed by atoms with Crippen molar-refractivity contribution >= 4 is 6.09 Å². The lowest BCUT2D eigenvalue weighted by Crippen LogP contribution is -2.42. The molecule has 0 radical (unpaired) electrons. The normalized spacial score (nSPS) is 23.0. The third-order valence-corrected chi connectivity index (χ3v) is 7.61. The number of carbonyl (C=O) groups excluding carboxylic acids is 1. The number of rotatable bonds is 7. The highest BCUT2D eigenvalue weighted by Crippen LogP contribution is 2.47. The van der Waals surface area contributed by atoms with E-state index >= 15 is 0 Å². The summed E-state index contributed by atoms with van der Waals surface area (Å²) < 4.78 is 58.4. The SMILES string of the molecule is O=C(OCc1ccccc1)N1C[C@@H]2C[C@H]1C[C@H]2OCc1c(-c2ccccc2C(F)(F)F)noc1C1CC1. The van der Waals surface area contributed by atoms with E-state index in [9.17, 15) is 18.0 Å². The molecule has 0 spiro atoms. The number of amides is 1. The number of hydrogen-bond donors (Lipinski definition) is 0. The second kappa shape index (κ2) is 9.52. The van der Waals surface area contributed by atoms with Crippen LogP contribution >= 0.6 is 0 Å². The van der Waals surface area contributed by atoms with Gasteiger partial charge in [-0.15, -0.1) is 0 Å². The number of benzene rings is 2. The molecule has 3 aliphatic rings. The van der Waals surface area contributed by atoms with Crippen molar-refractivity contribution in [2.45, 2.75) is 63.1 Å². The minimum absolute atomic E-state index is 0.00419. The Bertz CT molecular complexity index is 1270. The zero-order chi connectivity index (χ0) is 25.6. The minimum atomic E-state index is -4.50. The van der Waals surface area contributed by atoms with Crippen LogP contribution in [0.5, 0.6) is 0 Å². The number of alkyl halides is 3. The van der Waals surface area contributed by atoms with Crippen molar-refractivity contribution in [3.05, 3.63) is 77.0 Å². The number of nitrogens with zero attached hydrogens (tertiary/aromatic N) is 2. The van der Waals surface area contributed by atoms with Crippen molar-refractivity contribution < 1.29 is 32.0 Å². The molecule has 3 aromatic rings. The molecular formula is C28H27F3N2O4. The van der Waals surface area contributed by atoms with Gasteiger partial charge in [-0.05, 0) is 37.3 Å². The van der Waals surface area contributed by atoms with Crippen LogP contribution < -0.4 is 0 Å². The molecule has 0 unspecified atom stereocenters. The molecule has 1 aromatic heterocycles. The van der Waals surface area contributed by atoms with Gasteiger partial charge in [-0.3, -0.25) is 0 Å².